The average molecular weight is 267 g/mol. The lowest BCUT2D eigenvalue weighted by atomic mass is 10.1. The van der Waals surface area contributed by atoms with Gasteiger partial charge in [0, 0.05) is 31.7 Å². The molecule has 1 aliphatic carbocycles. The number of hydrogen-bond acceptors (Lipinski definition) is 3. The van der Waals surface area contributed by atoms with Crippen LogP contribution < -0.4 is 5.32 Å². The summed E-state index contributed by atoms with van der Waals surface area (Å²) in [6.07, 6.45) is 4.87. The van der Waals surface area contributed by atoms with Crippen molar-refractivity contribution in [3.05, 3.63) is 0 Å². The molecule has 2 fully saturated rings. The molecule has 1 saturated carbocycles. The molecule has 0 aromatic rings. The van der Waals surface area contributed by atoms with Gasteiger partial charge in [0.2, 0.25) is 5.91 Å². The minimum atomic E-state index is 0.0158. The molecule has 4 nitrogen and oxygen atoms in total. The Hall–Kier alpha value is -0.610. The van der Waals surface area contributed by atoms with E-state index in [1.807, 2.05) is 0 Å². The van der Waals surface area contributed by atoms with Crippen LogP contribution >= 0.6 is 0 Å². The van der Waals surface area contributed by atoms with E-state index in [2.05, 4.69) is 35.9 Å². The highest BCUT2D eigenvalue weighted by Gasteiger charge is 2.30. The third-order valence-electron chi connectivity index (χ3n) is 4.83. The quantitative estimate of drug-likeness (QED) is 0.837. The molecular formula is C15H29N3O. The molecule has 0 aromatic heterocycles. The number of nitrogens with zero attached hydrogens (tertiary/aromatic N) is 2. The van der Waals surface area contributed by atoms with Crippen LogP contribution in [0, 0.1) is 0 Å². The van der Waals surface area contributed by atoms with Crippen LogP contribution in [0.5, 0.6) is 0 Å². The third kappa shape index (κ3) is 3.69. The minimum absolute atomic E-state index is 0.0158. The summed E-state index contributed by atoms with van der Waals surface area (Å²) < 4.78 is 0. The second-order valence-electron chi connectivity index (χ2n) is 6.14. The summed E-state index contributed by atoms with van der Waals surface area (Å²) in [5.41, 5.74) is 0. The van der Waals surface area contributed by atoms with Gasteiger partial charge in [-0.15, -0.1) is 0 Å². The number of likely N-dealkylation sites (N-methyl/N-ethyl adjacent to an activating group) is 1. The first-order valence-corrected chi connectivity index (χ1v) is 7.90. The van der Waals surface area contributed by atoms with Gasteiger partial charge in [0.05, 0.1) is 6.04 Å². The molecule has 2 atom stereocenters. The van der Waals surface area contributed by atoms with Crippen LogP contribution in [0.25, 0.3) is 0 Å². The Balaban J connectivity index is 1.81. The molecule has 2 aliphatic rings. The Morgan fingerprint density at radius 2 is 2.00 bits per heavy atom. The van der Waals surface area contributed by atoms with Gasteiger partial charge >= 0.3 is 0 Å². The normalized spacial score (nSPS) is 28.5. The van der Waals surface area contributed by atoms with Gasteiger partial charge in [0.25, 0.3) is 0 Å². The van der Waals surface area contributed by atoms with Crippen LogP contribution in [-0.4, -0.2) is 60.0 Å². The summed E-state index contributed by atoms with van der Waals surface area (Å²) >= 11 is 0. The van der Waals surface area contributed by atoms with Crippen molar-refractivity contribution in [2.75, 3.05) is 26.2 Å². The van der Waals surface area contributed by atoms with Gasteiger partial charge in [-0.05, 0) is 33.2 Å². The number of amides is 1. The second-order valence-corrected chi connectivity index (χ2v) is 6.14. The fourth-order valence-electron chi connectivity index (χ4n) is 3.40. The summed E-state index contributed by atoms with van der Waals surface area (Å²) in [6, 6.07) is 1.01. The number of piperazine rings is 1. The molecule has 2 rings (SSSR count). The Bertz CT molecular complexity index is 302. The average Bonchev–Trinajstić information content (AvgIpc) is 2.90. The Morgan fingerprint density at radius 1 is 1.32 bits per heavy atom. The van der Waals surface area contributed by atoms with Gasteiger partial charge in [-0.3, -0.25) is 14.6 Å². The van der Waals surface area contributed by atoms with Crippen molar-refractivity contribution in [2.24, 2.45) is 0 Å². The van der Waals surface area contributed by atoms with Gasteiger partial charge < -0.3 is 5.32 Å². The summed E-state index contributed by atoms with van der Waals surface area (Å²) in [7, 11) is 0. The summed E-state index contributed by atoms with van der Waals surface area (Å²) in [5, 5.41) is 3.22. The molecule has 110 valence electrons. The van der Waals surface area contributed by atoms with E-state index >= 15 is 0 Å². The Morgan fingerprint density at radius 3 is 2.58 bits per heavy atom. The van der Waals surface area contributed by atoms with Crippen molar-refractivity contribution in [2.45, 2.75) is 64.6 Å². The molecular weight excluding hydrogens is 238 g/mol. The van der Waals surface area contributed by atoms with Crippen molar-refractivity contribution in [1.29, 1.82) is 0 Å². The number of rotatable bonds is 4. The van der Waals surface area contributed by atoms with Crippen molar-refractivity contribution >= 4 is 5.91 Å². The zero-order valence-corrected chi connectivity index (χ0v) is 12.7. The fraction of sp³-hybridized carbons (Fsp3) is 0.933. The van der Waals surface area contributed by atoms with Crippen LogP contribution in [0.4, 0.5) is 0 Å². The van der Waals surface area contributed by atoms with E-state index < -0.39 is 0 Å². The maximum atomic E-state index is 12.3. The molecule has 1 heterocycles. The third-order valence-corrected chi connectivity index (χ3v) is 4.83. The molecule has 19 heavy (non-hydrogen) atoms. The topological polar surface area (TPSA) is 35.6 Å². The number of hydrogen-bond donors (Lipinski definition) is 1. The molecule has 0 radical (unpaired) electrons. The van der Waals surface area contributed by atoms with E-state index in [0.29, 0.717) is 12.1 Å². The van der Waals surface area contributed by atoms with Gasteiger partial charge in [0.1, 0.15) is 0 Å². The number of carbonyl (C=O) groups is 1. The second kappa shape index (κ2) is 6.71. The number of nitrogens with one attached hydrogen (secondary N) is 1. The van der Waals surface area contributed by atoms with Crippen molar-refractivity contribution in [3.63, 3.8) is 0 Å². The molecule has 1 aliphatic heterocycles. The van der Waals surface area contributed by atoms with Crippen LogP contribution in [0.1, 0.15) is 46.5 Å². The molecule has 0 bridgehead atoms. The monoisotopic (exact) mass is 267 g/mol. The summed E-state index contributed by atoms with van der Waals surface area (Å²) in [4.78, 5) is 17.1. The molecule has 0 aromatic carbocycles. The fourth-order valence-corrected chi connectivity index (χ4v) is 3.40. The van der Waals surface area contributed by atoms with Crippen LogP contribution in [0.15, 0.2) is 0 Å². The highest BCUT2D eigenvalue weighted by molar-refractivity contribution is 5.81. The van der Waals surface area contributed by atoms with Gasteiger partial charge in [0.15, 0.2) is 0 Å². The number of carbonyl (C=O) groups excluding carboxylic acids is 1. The molecule has 4 heteroatoms. The van der Waals surface area contributed by atoms with E-state index in [0.717, 1.165) is 26.2 Å². The molecule has 1 saturated heterocycles. The highest BCUT2D eigenvalue weighted by Crippen LogP contribution is 2.18. The highest BCUT2D eigenvalue weighted by atomic mass is 16.2. The van der Waals surface area contributed by atoms with E-state index in [4.69, 9.17) is 0 Å². The van der Waals surface area contributed by atoms with Crippen LogP contribution in [0.2, 0.25) is 0 Å². The first kappa shape index (κ1) is 14.8. The first-order valence-electron chi connectivity index (χ1n) is 7.90. The maximum Gasteiger partial charge on any atom is 0.237 e. The SMILES string of the molecule is CCN1CCN(C(C)C(=O)NC2CCCC2)CC1C. The van der Waals surface area contributed by atoms with E-state index in [1.54, 1.807) is 0 Å². The molecule has 1 amide bonds. The zero-order chi connectivity index (χ0) is 13.8. The van der Waals surface area contributed by atoms with Crippen molar-refractivity contribution in [1.82, 2.24) is 15.1 Å². The van der Waals surface area contributed by atoms with Crippen molar-refractivity contribution < 1.29 is 4.79 Å². The summed E-state index contributed by atoms with van der Waals surface area (Å²) in [5.74, 6) is 0.226. The van der Waals surface area contributed by atoms with Crippen molar-refractivity contribution in [3.8, 4) is 0 Å². The lowest BCUT2D eigenvalue weighted by Crippen LogP contribution is -2.57. The predicted octanol–water partition coefficient (Wildman–Crippen LogP) is 1.46. The standard InChI is InChI=1S/C15H29N3O/c1-4-17-9-10-18(11-12(17)2)13(3)15(19)16-14-7-5-6-8-14/h12-14H,4-11H2,1-3H3,(H,16,19). The van der Waals surface area contributed by atoms with E-state index in [9.17, 15) is 4.79 Å². The minimum Gasteiger partial charge on any atom is -0.352 e. The first-order chi connectivity index (χ1) is 9.11. The van der Waals surface area contributed by atoms with Gasteiger partial charge in [-0.2, -0.15) is 0 Å². The summed E-state index contributed by atoms with van der Waals surface area (Å²) in [6.45, 7) is 10.7. The Labute approximate surface area is 117 Å². The molecule has 0 spiro atoms. The molecule has 2 unspecified atom stereocenters. The van der Waals surface area contributed by atoms with Crippen LogP contribution in [-0.2, 0) is 4.79 Å². The van der Waals surface area contributed by atoms with Gasteiger partial charge in [-0.1, -0.05) is 19.8 Å². The lowest BCUT2D eigenvalue weighted by molar-refractivity contribution is -0.127. The predicted molar refractivity (Wildman–Crippen MR) is 78.1 cm³/mol. The lowest BCUT2D eigenvalue weighted by Gasteiger charge is -2.41. The maximum absolute atomic E-state index is 12.3. The zero-order valence-electron chi connectivity index (χ0n) is 12.7. The van der Waals surface area contributed by atoms with E-state index in [1.165, 1.54) is 25.7 Å². The largest absolute Gasteiger partial charge is 0.352 e. The Kier molecular flexibility index (Phi) is 5.22. The van der Waals surface area contributed by atoms with E-state index in [-0.39, 0.29) is 11.9 Å². The smallest absolute Gasteiger partial charge is 0.237 e. The molecule has 1 N–H and O–H groups in total. The van der Waals surface area contributed by atoms with Gasteiger partial charge in [-0.25, -0.2) is 0 Å². The van der Waals surface area contributed by atoms with Crippen LogP contribution in [0.3, 0.4) is 0 Å².